The lowest BCUT2D eigenvalue weighted by Gasteiger charge is -2.23. The average Bonchev–Trinajstić information content (AvgIpc) is 3.31. The molecule has 4 rings (SSSR count). The maximum Gasteiger partial charge on any atom is 0.0707 e. The van der Waals surface area contributed by atoms with E-state index in [9.17, 15) is 0 Å². The molecule has 0 unspecified atom stereocenters. The Morgan fingerprint density at radius 3 is 2.66 bits per heavy atom. The van der Waals surface area contributed by atoms with Gasteiger partial charge in [-0.2, -0.15) is 0 Å². The van der Waals surface area contributed by atoms with Gasteiger partial charge < -0.3 is 16.0 Å². The van der Waals surface area contributed by atoms with E-state index in [0.29, 0.717) is 5.69 Å². The minimum Gasteiger partial charge on any atom is -0.397 e. The summed E-state index contributed by atoms with van der Waals surface area (Å²) in [7, 11) is 0. The first-order valence-corrected chi connectivity index (χ1v) is 12.5. The Bertz CT molecular complexity index is 1270. The number of hydrogen-bond donors (Lipinski definition) is 3. The number of pyridine rings is 1. The number of nitrogens with one attached hydrogen (secondary N) is 2. The number of nitrogen functional groups attached to an aromatic ring is 1. The Balaban J connectivity index is 1.55. The number of hydrogen-bond acceptors (Lipinski definition) is 3. The van der Waals surface area contributed by atoms with Gasteiger partial charge in [-0.25, -0.2) is 0 Å². The van der Waals surface area contributed by atoms with E-state index in [0.717, 1.165) is 62.7 Å². The molecular formula is C31H36N4. The van der Waals surface area contributed by atoms with Crippen LogP contribution in [0.15, 0.2) is 92.0 Å². The molecule has 0 atom stereocenters. The molecule has 1 fully saturated rings. The Morgan fingerprint density at radius 2 is 1.94 bits per heavy atom. The third-order valence-electron chi connectivity index (χ3n) is 6.83. The van der Waals surface area contributed by atoms with Crippen molar-refractivity contribution in [1.29, 1.82) is 0 Å². The number of anilines is 1. The Hall–Kier alpha value is -3.79. The van der Waals surface area contributed by atoms with E-state index >= 15 is 0 Å². The number of H-pyrrole nitrogens is 1. The van der Waals surface area contributed by atoms with Crippen LogP contribution >= 0.6 is 0 Å². The fourth-order valence-corrected chi connectivity index (χ4v) is 4.88. The number of benzene rings is 1. The zero-order chi connectivity index (χ0) is 24.8. The quantitative estimate of drug-likeness (QED) is 0.284. The molecule has 0 amide bonds. The number of allylic oxidation sites excluding steroid dienone is 5. The van der Waals surface area contributed by atoms with E-state index in [4.69, 9.17) is 5.73 Å². The van der Waals surface area contributed by atoms with E-state index in [2.05, 4.69) is 59.3 Å². The summed E-state index contributed by atoms with van der Waals surface area (Å²) < 4.78 is 0. The van der Waals surface area contributed by atoms with Crippen LogP contribution in [-0.4, -0.2) is 9.97 Å². The SMILES string of the molecule is C=C/C(=C\C(=C/C)c1cc(C(=C)c2cc3ccccc3[nH]2)c(N)cn1)NC(=C)CC1CCCCC1. The summed E-state index contributed by atoms with van der Waals surface area (Å²) in [4.78, 5) is 8.06. The molecule has 0 bridgehead atoms. The van der Waals surface area contributed by atoms with Gasteiger partial charge in [0.2, 0.25) is 0 Å². The van der Waals surface area contributed by atoms with Crippen molar-refractivity contribution in [3.8, 4) is 0 Å². The highest BCUT2D eigenvalue weighted by Gasteiger charge is 2.15. The van der Waals surface area contributed by atoms with Crippen LogP contribution in [0.5, 0.6) is 0 Å². The predicted octanol–water partition coefficient (Wildman–Crippen LogP) is 7.75. The van der Waals surface area contributed by atoms with Gasteiger partial charge in [0.15, 0.2) is 0 Å². The summed E-state index contributed by atoms with van der Waals surface area (Å²) in [6.45, 7) is 14.6. The minimum atomic E-state index is 0.597. The summed E-state index contributed by atoms with van der Waals surface area (Å²) in [5, 5.41) is 4.61. The molecule has 4 nitrogen and oxygen atoms in total. The zero-order valence-corrected chi connectivity index (χ0v) is 20.7. The summed E-state index contributed by atoms with van der Waals surface area (Å²) >= 11 is 0. The van der Waals surface area contributed by atoms with Crippen LogP contribution in [0.3, 0.4) is 0 Å². The number of para-hydroxylation sites is 1. The average molecular weight is 465 g/mol. The second-order valence-electron chi connectivity index (χ2n) is 9.39. The molecular weight excluding hydrogens is 428 g/mol. The van der Waals surface area contributed by atoms with E-state index in [1.54, 1.807) is 6.20 Å². The van der Waals surface area contributed by atoms with Crippen molar-refractivity contribution >= 4 is 27.7 Å². The lowest BCUT2D eigenvalue weighted by Crippen LogP contribution is -2.16. The number of aromatic amines is 1. The first kappa shape index (κ1) is 24.3. The molecule has 4 heteroatoms. The standard InChI is InChI=1S/C31H36N4/c1-5-24(17-26(6-2)34-21(3)16-23-12-8-7-9-13-23)31-19-27(28(32)20-33-31)22(4)30-18-25-14-10-11-15-29(25)35-30/h5-6,10-11,14-15,17-20,23,34-35H,2-4,7-9,12-13,16,32H2,1H3/b24-5+,26-17+. The third kappa shape index (κ3) is 5.83. The maximum atomic E-state index is 6.33. The van der Waals surface area contributed by atoms with Crippen molar-refractivity contribution in [3.63, 3.8) is 0 Å². The van der Waals surface area contributed by atoms with Gasteiger partial charge in [0.05, 0.1) is 17.6 Å². The van der Waals surface area contributed by atoms with Gasteiger partial charge in [0.1, 0.15) is 0 Å². The summed E-state index contributed by atoms with van der Waals surface area (Å²) in [6.07, 6.45) is 15.3. The molecule has 180 valence electrons. The van der Waals surface area contributed by atoms with Crippen molar-refractivity contribution in [2.75, 3.05) is 5.73 Å². The van der Waals surface area contributed by atoms with Crippen LogP contribution in [0.2, 0.25) is 0 Å². The van der Waals surface area contributed by atoms with Gasteiger partial charge in [-0.15, -0.1) is 0 Å². The second kappa shape index (κ2) is 11.1. The third-order valence-corrected chi connectivity index (χ3v) is 6.83. The van der Waals surface area contributed by atoms with Crippen LogP contribution in [0.4, 0.5) is 5.69 Å². The monoisotopic (exact) mass is 464 g/mol. The van der Waals surface area contributed by atoms with Crippen LogP contribution < -0.4 is 11.1 Å². The minimum absolute atomic E-state index is 0.597. The molecule has 3 aromatic rings. The fourth-order valence-electron chi connectivity index (χ4n) is 4.88. The number of aromatic nitrogens is 2. The highest BCUT2D eigenvalue weighted by atomic mass is 14.9. The number of nitrogens with zero attached hydrogens (tertiary/aromatic N) is 1. The first-order valence-electron chi connectivity index (χ1n) is 12.5. The molecule has 35 heavy (non-hydrogen) atoms. The zero-order valence-electron chi connectivity index (χ0n) is 20.7. The number of nitrogens with two attached hydrogens (primary N) is 1. The molecule has 4 N–H and O–H groups in total. The van der Waals surface area contributed by atoms with E-state index in [1.807, 2.05) is 37.3 Å². The second-order valence-corrected chi connectivity index (χ2v) is 9.39. The molecule has 1 aliphatic carbocycles. The Kier molecular flexibility index (Phi) is 7.71. The van der Waals surface area contributed by atoms with Crippen molar-refractivity contribution < 1.29 is 0 Å². The fraction of sp³-hybridized carbons (Fsp3) is 0.258. The van der Waals surface area contributed by atoms with Crippen molar-refractivity contribution in [1.82, 2.24) is 15.3 Å². The highest BCUT2D eigenvalue weighted by Crippen LogP contribution is 2.31. The lowest BCUT2D eigenvalue weighted by atomic mass is 9.86. The van der Waals surface area contributed by atoms with Crippen molar-refractivity contribution in [3.05, 3.63) is 109 Å². The van der Waals surface area contributed by atoms with Gasteiger partial charge in [0, 0.05) is 39.1 Å². The van der Waals surface area contributed by atoms with Crippen LogP contribution in [0.1, 0.15) is 62.4 Å². The number of rotatable bonds is 9. The molecule has 1 aliphatic rings. The molecule has 0 saturated heterocycles. The molecule has 2 heterocycles. The molecule has 0 spiro atoms. The van der Waals surface area contributed by atoms with E-state index in [1.165, 1.54) is 32.1 Å². The maximum absolute atomic E-state index is 6.33. The molecule has 2 aromatic heterocycles. The van der Waals surface area contributed by atoms with Crippen molar-refractivity contribution in [2.45, 2.75) is 45.4 Å². The smallest absolute Gasteiger partial charge is 0.0707 e. The Morgan fingerprint density at radius 1 is 1.17 bits per heavy atom. The lowest BCUT2D eigenvalue weighted by molar-refractivity contribution is 0.353. The van der Waals surface area contributed by atoms with Gasteiger partial charge >= 0.3 is 0 Å². The topological polar surface area (TPSA) is 66.7 Å². The van der Waals surface area contributed by atoms with E-state index < -0.39 is 0 Å². The summed E-state index contributed by atoms with van der Waals surface area (Å²) in [5.41, 5.74) is 14.4. The van der Waals surface area contributed by atoms with Crippen molar-refractivity contribution in [2.24, 2.45) is 5.92 Å². The predicted molar refractivity (Wildman–Crippen MR) is 150 cm³/mol. The Labute approximate surface area is 209 Å². The summed E-state index contributed by atoms with van der Waals surface area (Å²) in [6, 6.07) is 12.3. The largest absolute Gasteiger partial charge is 0.397 e. The van der Waals surface area contributed by atoms with Crippen LogP contribution in [0, 0.1) is 5.92 Å². The van der Waals surface area contributed by atoms with Gasteiger partial charge in [0.25, 0.3) is 0 Å². The van der Waals surface area contributed by atoms with Gasteiger partial charge in [-0.05, 0) is 55.2 Å². The molecule has 0 radical (unpaired) electrons. The van der Waals surface area contributed by atoms with Crippen LogP contribution in [-0.2, 0) is 0 Å². The molecule has 0 aliphatic heterocycles. The van der Waals surface area contributed by atoms with Gasteiger partial charge in [-0.3, -0.25) is 4.98 Å². The van der Waals surface area contributed by atoms with Gasteiger partial charge in [-0.1, -0.05) is 76.1 Å². The summed E-state index contributed by atoms with van der Waals surface area (Å²) in [5.74, 6) is 0.730. The first-order chi connectivity index (χ1) is 17.0. The highest BCUT2D eigenvalue weighted by molar-refractivity contribution is 5.91. The molecule has 1 saturated carbocycles. The van der Waals surface area contributed by atoms with E-state index in [-0.39, 0.29) is 0 Å². The number of fused-ring (bicyclic) bond motifs is 1. The van der Waals surface area contributed by atoms with Crippen LogP contribution in [0.25, 0.3) is 22.0 Å². The normalized spacial score (nSPS) is 15.2. The molecule has 1 aromatic carbocycles.